The van der Waals surface area contributed by atoms with Gasteiger partial charge in [0.25, 0.3) is 0 Å². The summed E-state index contributed by atoms with van der Waals surface area (Å²) in [6.07, 6.45) is -9.80. The maximum absolute atomic E-state index is 13.1. The number of halogens is 7. The zero-order chi connectivity index (χ0) is 21.2. The highest BCUT2D eigenvalue weighted by atomic mass is 79.9. The van der Waals surface area contributed by atoms with E-state index in [4.69, 9.17) is 0 Å². The number of rotatable bonds is 5. The molecule has 28 heavy (non-hydrogen) atoms. The van der Waals surface area contributed by atoms with Crippen LogP contribution in [0.3, 0.4) is 0 Å². The second-order valence-corrected chi connectivity index (χ2v) is 6.58. The molecule has 1 atom stereocenters. The Balaban J connectivity index is 2.68. The van der Waals surface area contributed by atoms with Gasteiger partial charge in [0.05, 0.1) is 22.5 Å². The molecule has 0 aromatic heterocycles. The number of ketones is 1. The molecule has 9 heteroatoms. The van der Waals surface area contributed by atoms with Crippen LogP contribution < -0.4 is 0 Å². The van der Waals surface area contributed by atoms with Gasteiger partial charge in [-0.2, -0.15) is 31.6 Å². The molecule has 0 aliphatic heterocycles. The summed E-state index contributed by atoms with van der Waals surface area (Å²) < 4.78 is 77.7. The highest BCUT2D eigenvalue weighted by molar-refractivity contribution is 9.09. The number of hydrogen-bond acceptors (Lipinski definition) is 2. The number of alkyl halides is 7. The van der Waals surface area contributed by atoms with Crippen molar-refractivity contribution in [3.05, 3.63) is 70.8 Å². The number of carbonyl (C=O) groups excluding carboxylic acids is 1. The van der Waals surface area contributed by atoms with E-state index in [1.807, 2.05) is 6.07 Å². The fraction of sp³-hybridized carbons (Fsp3) is 0.263. The minimum absolute atomic E-state index is 0.00313. The lowest BCUT2D eigenvalue weighted by molar-refractivity contribution is -0.138. The van der Waals surface area contributed by atoms with Crippen LogP contribution in [-0.4, -0.2) is 11.1 Å². The Labute approximate surface area is 164 Å². The molecular formula is C19H12BrF6NO. The Bertz CT molecular complexity index is 898. The zero-order valence-electron chi connectivity index (χ0n) is 14.0. The molecule has 0 fully saturated rings. The van der Waals surface area contributed by atoms with Crippen LogP contribution in [0.4, 0.5) is 26.3 Å². The minimum atomic E-state index is -4.68. The summed E-state index contributed by atoms with van der Waals surface area (Å²) in [5.74, 6) is -0.487. The summed E-state index contributed by atoms with van der Waals surface area (Å²) in [4.78, 5) is 12.0. The molecule has 1 unspecified atom stereocenters. The van der Waals surface area contributed by atoms with Crippen molar-refractivity contribution >= 4 is 21.7 Å². The quantitative estimate of drug-likeness (QED) is 0.409. The van der Waals surface area contributed by atoms with Gasteiger partial charge in [-0.3, -0.25) is 4.79 Å². The van der Waals surface area contributed by atoms with Crippen LogP contribution in [0.2, 0.25) is 0 Å². The van der Waals surface area contributed by atoms with Crippen molar-refractivity contribution in [1.29, 1.82) is 5.26 Å². The van der Waals surface area contributed by atoms with Gasteiger partial charge in [-0.05, 0) is 35.4 Å². The van der Waals surface area contributed by atoms with Crippen LogP contribution >= 0.6 is 15.9 Å². The summed E-state index contributed by atoms with van der Waals surface area (Å²) in [5, 5.41) is 9.67. The van der Waals surface area contributed by atoms with Crippen molar-refractivity contribution in [3.63, 3.8) is 0 Å². The van der Waals surface area contributed by atoms with Crippen molar-refractivity contribution in [3.8, 4) is 6.07 Å². The second kappa shape index (κ2) is 7.95. The standard InChI is InChI=1S/C19H12BrF6NO/c20-10-16(28)9-17(11-27,12-4-6-13(7-5-12)18(21,22)23)14-2-1-3-15(8-14)19(24,25)26/h1-8H,9-10H2. The van der Waals surface area contributed by atoms with Crippen molar-refractivity contribution in [1.82, 2.24) is 0 Å². The van der Waals surface area contributed by atoms with Crippen LogP contribution in [0.1, 0.15) is 28.7 Å². The van der Waals surface area contributed by atoms with Crippen LogP contribution in [0, 0.1) is 11.3 Å². The minimum Gasteiger partial charge on any atom is -0.299 e. The van der Waals surface area contributed by atoms with E-state index < -0.39 is 41.1 Å². The number of hydrogen-bond donors (Lipinski definition) is 0. The van der Waals surface area contributed by atoms with Gasteiger partial charge >= 0.3 is 12.4 Å². The van der Waals surface area contributed by atoms with Gasteiger partial charge < -0.3 is 0 Å². The molecule has 0 bridgehead atoms. The van der Waals surface area contributed by atoms with Gasteiger partial charge in [0, 0.05) is 6.42 Å². The fourth-order valence-electron chi connectivity index (χ4n) is 2.79. The lowest BCUT2D eigenvalue weighted by atomic mass is 9.72. The summed E-state index contributed by atoms with van der Waals surface area (Å²) in [5.41, 5.74) is -3.99. The normalized spacial score (nSPS) is 14.2. The molecule has 2 nitrogen and oxygen atoms in total. The zero-order valence-corrected chi connectivity index (χ0v) is 15.6. The predicted molar refractivity (Wildman–Crippen MR) is 92.7 cm³/mol. The first-order chi connectivity index (χ1) is 12.9. The van der Waals surface area contributed by atoms with Gasteiger partial charge in [0.2, 0.25) is 0 Å². The molecule has 0 saturated carbocycles. The van der Waals surface area contributed by atoms with Gasteiger partial charge in [0.15, 0.2) is 0 Å². The van der Waals surface area contributed by atoms with Crippen LogP contribution in [-0.2, 0) is 22.6 Å². The van der Waals surface area contributed by atoms with Crippen LogP contribution in [0.5, 0.6) is 0 Å². The van der Waals surface area contributed by atoms with Crippen molar-refractivity contribution in [2.75, 3.05) is 5.33 Å². The average Bonchev–Trinajstić information content (AvgIpc) is 2.65. The monoisotopic (exact) mass is 463 g/mol. The van der Waals surface area contributed by atoms with E-state index in [-0.39, 0.29) is 16.5 Å². The largest absolute Gasteiger partial charge is 0.416 e. The van der Waals surface area contributed by atoms with E-state index in [0.717, 1.165) is 42.5 Å². The maximum Gasteiger partial charge on any atom is 0.416 e. The van der Waals surface area contributed by atoms with Gasteiger partial charge in [-0.25, -0.2) is 0 Å². The number of nitriles is 1. The van der Waals surface area contributed by atoms with E-state index in [1.54, 1.807) is 0 Å². The van der Waals surface area contributed by atoms with E-state index in [0.29, 0.717) is 0 Å². The third-order valence-corrected chi connectivity index (χ3v) is 4.82. The molecule has 2 rings (SSSR count). The molecule has 0 aliphatic carbocycles. The lowest BCUT2D eigenvalue weighted by Crippen LogP contribution is -2.30. The molecule has 2 aromatic carbocycles. The number of nitrogens with zero attached hydrogens (tertiary/aromatic N) is 1. The molecule has 148 valence electrons. The molecule has 0 amide bonds. The lowest BCUT2D eigenvalue weighted by Gasteiger charge is -2.28. The maximum atomic E-state index is 13.1. The smallest absolute Gasteiger partial charge is 0.299 e. The number of carbonyl (C=O) groups is 1. The Morgan fingerprint density at radius 3 is 1.82 bits per heavy atom. The number of benzene rings is 2. The highest BCUT2D eigenvalue weighted by Gasteiger charge is 2.40. The van der Waals surface area contributed by atoms with E-state index in [9.17, 15) is 36.4 Å². The Kier molecular flexibility index (Phi) is 6.24. The summed E-state index contributed by atoms with van der Waals surface area (Å²) >= 11 is 2.94. The molecule has 0 spiro atoms. The van der Waals surface area contributed by atoms with Gasteiger partial charge in [0.1, 0.15) is 11.2 Å². The van der Waals surface area contributed by atoms with Crippen LogP contribution in [0.25, 0.3) is 0 Å². The average molecular weight is 464 g/mol. The van der Waals surface area contributed by atoms with Gasteiger partial charge in [-0.1, -0.05) is 40.2 Å². The summed E-state index contributed by atoms with van der Waals surface area (Å²) in [7, 11) is 0. The van der Waals surface area contributed by atoms with Crippen molar-refractivity contribution in [2.45, 2.75) is 24.2 Å². The molecule has 0 radical (unpaired) electrons. The van der Waals surface area contributed by atoms with Crippen molar-refractivity contribution < 1.29 is 31.1 Å². The summed E-state index contributed by atoms with van der Waals surface area (Å²) in [6.45, 7) is 0. The van der Waals surface area contributed by atoms with E-state index >= 15 is 0 Å². The van der Waals surface area contributed by atoms with E-state index in [2.05, 4.69) is 15.9 Å². The SMILES string of the molecule is N#CC(CC(=O)CBr)(c1ccc(C(F)(F)F)cc1)c1cccc(C(F)(F)F)c1. The Morgan fingerprint density at radius 1 is 0.857 bits per heavy atom. The second-order valence-electron chi connectivity index (χ2n) is 6.02. The van der Waals surface area contributed by atoms with Gasteiger partial charge in [-0.15, -0.1) is 0 Å². The molecular weight excluding hydrogens is 452 g/mol. The molecule has 0 aliphatic rings. The topological polar surface area (TPSA) is 40.9 Å². The molecule has 0 N–H and O–H groups in total. The Hall–Kier alpha value is -2.34. The van der Waals surface area contributed by atoms with Crippen molar-refractivity contribution in [2.24, 2.45) is 0 Å². The Morgan fingerprint density at radius 2 is 1.36 bits per heavy atom. The predicted octanol–water partition coefficient (Wildman–Crippen LogP) is 5.89. The molecule has 2 aromatic rings. The summed E-state index contributed by atoms with van der Waals surface area (Å²) in [6, 6.07) is 9.22. The fourth-order valence-corrected chi connectivity index (χ4v) is 2.99. The molecule has 0 saturated heterocycles. The first kappa shape index (κ1) is 22.0. The first-order valence-electron chi connectivity index (χ1n) is 7.78. The third-order valence-electron chi connectivity index (χ3n) is 4.19. The molecule has 0 heterocycles. The third kappa shape index (κ3) is 4.55. The highest BCUT2D eigenvalue weighted by Crippen LogP contribution is 2.40. The first-order valence-corrected chi connectivity index (χ1v) is 8.90. The number of Topliss-reactive ketones (excluding diaryl/α,β-unsaturated/α-hetero) is 1. The van der Waals surface area contributed by atoms with Crippen LogP contribution in [0.15, 0.2) is 48.5 Å². The van der Waals surface area contributed by atoms with E-state index in [1.165, 1.54) is 6.07 Å².